The molecule has 0 fully saturated rings. The maximum atomic E-state index is 5.81. The first-order valence-electron chi connectivity index (χ1n) is 6.37. The molecule has 2 heterocycles. The lowest BCUT2D eigenvalue weighted by atomic mass is 10.3. The zero-order chi connectivity index (χ0) is 13.7. The minimum Gasteiger partial charge on any atom is -0.437 e. The molecule has 0 aliphatic carbocycles. The summed E-state index contributed by atoms with van der Waals surface area (Å²) in [4.78, 5) is 12.8. The smallest absolute Gasteiger partial charge is 0.227 e. The molecule has 0 aliphatic heterocycles. The van der Waals surface area contributed by atoms with E-state index >= 15 is 0 Å². The molecule has 19 heavy (non-hydrogen) atoms. The summed E-state index contributed by atoms with van der Waals surface area (Å²) in [5, 5.41) is 3.14. The topological polar surface area (TPSA) is 59.9 Å². The van der Waals surface area contributed by atoms with Crippen molar-refractivity contribution < 1.29 is 4.74 Å². The Labute approximate surface area is 113 Å². The van der Waals surface area contributed by atoms with Crippen molar-refractivity contribution >= 4 is 5.95 Å². The third-order valence-electron chi connectivity index (χ3n) is 2.62. The van der Waals surface area contributed by atoms with Crippen LogP contribution in [0, 0.1) is 13.8 Å². The predicted octanol–water partition coefficient (Wildman–Crippen LogP) is 3.10. The Hall–Kier alpha value is -2.17. The van der Waals surface area contributed by atoms with E-state index in [1.807, 2.05) is 26.0 Å². The second kappa shape index (κ2) is 6.13. The van der Waals surface area contributed by atoms with Crippen LogP contribution in [0.1, 0.15) is 24.6 Å². The van der Waals surface area contributed by atoms with E-state index in [0.29, 0.717) is 17.6 Å². The van der Waals surface area contributed by atoms with E-state index in [1.54, 1.807) is 12.4 Å². The molecule has 5 heteroatoms. The van der Waals surface area contributed by atoms with Gasteiger partial charge in [-0.15, -0.1) is 0 Å². The Morgan fingerprint density at radius 2 is 2.11 bits per heavy atom. The van der Waals surface area contributed by atoms with Crippen molar-refractivity contribution in [3.63, 3.8) is 0 Å². The Morgan fingerprint density at radius 1 is 1.26 bits per heavy atom. The molecule has 0 spiro atoms. The van der Waals surface area contributed by atoms with Crippen molar-refractivity contribution in [3.8, 4) is 11.6 Å². The normalized spacial score (nSPS) is 10.3. The van der Waals surface area contributed by atoms with E-state index in [1.165, 1.54) is 0 Å². The van der Waals surface area contributed by atoms with E-state index in [0.717, 1.165) is 24.2 Å². The number of ether oxygens (including phenoxy) is 1. The van der Waals surface area contributed by atoms with Gasteiger partial charge in [-0.2, -0.15) is 4.98 Å². The number of rotatable bonds is 5. The van der Waals surface area contributed by atoms with Crippen molar-refractivity contribution in [3.05, 3.63) is 35.8 Å². The lowest BCUT2D eigenvalue weighted by Crippen LogP contribution is -2.05. The quantitative estimate of drug-likeness (QED) is 0.893. The molecule has 0 aliphatic rings. The van der Waals surface area contributed by atoms with Crippen LogP contribution in [0.15, 0.2) is 24.5 Å². The predicted molar refractivity (Wildman–Crippen MR) is 74.6 cm³/mol. The molecular weight excluding hydrogens is 240 g/mol. The monoisotopic (exact) mass is 258 g/mol. The van der Waals surface area contributed by atoms with E-state index < -0.39 is 0 Å². The van der Waals surface area contributed by atoms with Gasteiger partial charge in [0.25, 0.3) is 0 Å². The molecule has 2 rings (SSSR count). The molecule has 2 aromatic heterocycles. The zero-order valence-corrected chi connectivity index (χ0v) is 11.5. The summed E-state index contributed by atoms with van der Waals surface area (Å²) in [5.41, 5.74) is 1.73. The van der Waals surface area contributed by atoms with Crippen LogP contribution in [0.3, 0.4) is 0 Å². The van der Waals surface area contributed by atoms with Crippen LogP contribution >= 0.6 is 0 Å². The second-order valence-electron chi connectivity index (χ2n) is 4.30. The van der Waals surface area contributed by atoms with Gasteiger partial charge in [-0.05, 0) is 32.4 Å². The summed E-state index contributed by atoms with van der Waals surface area (Å²) in [7, 11) is 0. The van der Waals surface area contributed by atoms with Crippen molar-refractivity contribution in [1.29, 1.82) is 0 Å². The Morgan fingerprint density at radius 3 is 2.84 bits per heavy atom. The van der Waals surface area contributed by atoms with E-state index in [9.17, 15) is 0 Å². The molecular formula is C14H18N4O. The Kier molecular flexibility index (Phi) is 4.28. The number of aryl methyl sites for hydroxylation is 2. The molecule has 5 nitrogen and oxygen atoms in total. The first-order chi connectivity index (χ1) is 9.20. The van der Waals surface area contributed by atoms with Crippen LogP contribution < -0.4 is 10.1 Å². The second-order valence-corrected chi connectivity index (χ2v) is 4.30. The third-order valence-corrected chi connectivity index (χ3v) is 2.62. The van der Waals surface area contributed by atoms with Crippen LogP contribution in [0.4, 0.5) is 5.95 Å². The summed E-state index contributed by atoms with van der Waals surface area (Å²) < 4.78 is 5.81. The number of pyridine rings is 1. The molecule has 0 saturated heterocycles. The minimum atomic E-state index is 0.560. The van der Waals surface area contributed by atoms with Gasteiger partial charge in [-0.3, -0.25) is 4.98 Å². The lowest BCUT2D eigenvalue weighted by molar-refractivity contribution is 0.452. The minimum absolute atomic E-state index is 0.560. The van der Waals surface area contributed by atoms with E-state index in [4.69, 9.17) is 4.74 Å². The van der Waals surface area contributed by atoms with Crippen molar-refractivity contribution in [2.24, 2.45) is 0 Å². The average Bonchev–Trinajstić information content (AvgIpc) is 2.42. The highest BCUT2D eigenvalue weighted by Crippen LogP contribution is 2.24. The van der Waals surface area contributed by atoms with Gasteiger partial charge < -0.3 is 10.1 Å². The highest BCUT2D eigenvalue weighted by molar-refractivity contribution is 5.37. The molecule has 0 bridgehead atoms. The van der Waals surface area contributed by atoms with Gasteiger partial charge in [-0.25, -0.2) is 4.98 Å². The molecule has 0 atom stereocenters. The largest absolute Gasteiger partial charge is 0.437 e. The summed E-state index contributed by atoms with van der Waals surface area (Å²) >= 11 is 0. The number of nitrogens with one attached hydrogen (secondary N) is 1. The molecule has 1 N–H and O–H groups in total. The zero-order valence-electron chi connectivity index (χ0n) is 11.5. The van der Waals surface area contributed by atoms with Gasteiger partial charge in [0, 0.05) is 24.5 Å². The number of nitrogens with zero attached hydrogens (tertiary/aromatic N) is 3. The fourth-order valence-corrected chi connectivity index (χ4v) is 1.53. The Balaban J connectivity index is 2.21. The standard InChI is InChI=1S/C14H18N4O/c1-4-7-16-14-17-9-10(2)13(18-14)19-12-6-5-8-15-11(12)3/h5-6,8-9H,4,7H2,1-3H3,(H,16,17,18). The van der Waals surface area contributed by atoms with Crippen molar-refractivity contribution in [1.82, 2.24) is 15.0 Å². The van der Waals surface area contributed by atoms with Crippen molar-refractivity contribution in [2.45, 2.75) is 27.2 Å². The molecule has 0 radical (unpaired) electrons. The van der Waals surface area contributed by atoms with Gasteiger partial charge in [0.1, 0.15) is 0 Å². The van der Waals surface area contributed by atoms with E-state index in [-0.39, 0.29) is 0 Å². The first kappa shape index (κ1) is 13.3. The highest BCUT2D eigenvalue weighted by Gasteiger charge is 2.08. The molecule has 0 unspecified atom stereocenters. The lowest BCUT2D eigenvalue weighted by Gasteiger charge is -2.10. The number of aromatic nitrogens is 3. The number of anilines is 1. The molecule has 2 aromatic rings. The summed E-state index contributed by atoms with van der Waals surface area (Å²) in [5.74, 6) is 1.86. The number of hydrogen-bond donors (Lipinski definition) is 1. The van der Waals surface area contributed by atoms with Crippen LogP contribution in [0.2, 0.25) is 0 Å². The third kappa shape index (κ3) is 3.40. The highest BCUT2D eigenvalue weighted by atomic mass is 16.5. The molecule has 100 valence electrons. The van der Waals surface area contributed by atoms with Gasteiger partial charge >= 0.3 is 0 Å². The first-order valence-corrected chi connectivity index (χ1v) is 6.37. The fraction of sp³-hybridized carbons (Fsp3) is 0.357. The maximum Gasteiger partial charge on any atom is 0.227 e. The molecule has 0 saturated carbocycles. The van der Waals surface area contributed by atoms with Gasteiger partial charge in [0.2, 0.25) is 11.8 Å². The summed E-state index contributed by atoms with van der Waals surface area (Å²) in [6.45, 7) is 6.76. The number of hydrogen-bond acceptors (Lipinski definition) is 5. The SMILES string of the molecule is CCCNc1ncc(C)c(Oc2cccnc2C)n1. The maximum absolute atomic E-state index is 5.81. The fourth-order valence-electron chi connectivity index (χ4n) is 1.53. The summed E-state index contributed by atoms with van der Waals surface area (Å²) in [6, 6.07) is 3.72. The van der Waals surface area contributed by atoms with Gasteiger partial charge in [0.15, 0.2) is 5.75 Å². The van der Waals surface area contributed by atoms with Crippen LogP contribution in [0.5, 0.6) is 11.6 Å². The van der Waals surface area contributed by atoms with E-state index in [2.05, 4.69) is 27.2 Å². The van der Waals surface area contributed by atoms with Gasteiger partial charge in [0.05, 0.1) is 5.69 Å². The van der Waals surface area contributed by atoms with Crippen LogP contribution in [-0.4, -0.2) is 21.5 Å². The molecule has 0 amide bonds. The van der Waals surface area contributed by atoms with Crippen molar-refractivity contribution in [2.75, 3.05) is 11.9 Å². The average molecular weight is 258 g/mol. The summed E-state index contributed by atoms with van der Waals surface area (Å²) in [6.07, 6.45) is 4.52. The molecule has 0 aromatic carbocycles. The Bertz CT molecular complexity index is 557. The van der Waals surface area contributed by atoms with Crippen LogP contribution in [0.25, 0.3) is 0 Å². The van der Waals surface area contributed by atoms with Crippen LogP contribution in [-0.2, 0) is 0 Å². The van der Waals surface area contributed by atoms with Gasteiger partial charge in [-0.1, -0.05) is 6.92 Å².